The monoisotopic (exact) mass is 378 g/mol. The Morgan fingerprint density at radius 3 is 2.48 bits per heavy atom. The van der Waals surface area contributed by atoms with Gasteiger partial charge in [0.25, 0.3) is 0 Å². The molecule has 2 aromatic rings. The van der Waals surface area contributed by atoms with Crippen LogP contribution in [0.3, 0.4) is 0 Å². The van der Waals surface area contributed by atoms with E-state index >= 15 is 0 Å². The zero-order chi connectivity index (χ0) is 19.8. The Kier molecular flexibility index (Phi) is 5.47. The molecule has 1 saturated heterocycles. The molecule has 1 amide bonds. The first-order valence-electron chi connectivity index (χ1n) is 9.35. The number of benzene rings is 2. The summed E-state index contributed by atoms with van der Waals surface area (Å²) in [6.07, 6.45) is 0.428. The van der Waals surface area contributed by atoms with E-state index in [0.717, 1.165) is 17.2 Å². The highest BCUT2D eigenvalue weighted by Crippen LogP contribution is 2.30. The number of rotatable bonds is 6. The average Bonchev–Trinajstić information content (AvgIpc) is 2.62. The van der Waals surface area contributed by atoms with Gasteiger partial charge < -0.3 is 0 Å². The first-order valence-corrected chi connectivity index (χ1v) is 9.35. The molecule has 0 aromatic heterocycles. The summed E-state index contributed by atoms with van der Waals surface area (Å²) in [5.74, 6) is -4.90. The van der Waals surface area contributed by atoms with Crippen LogP contribution >= 0.6 is 0 Å². The molecule has 3 rings (SSSR count). The molecule has 0 N–H and O–H groups in total. The van der Waals surface area contributed by atoms with E-state index in [0.29, 0.717) is 12.1 Å². The Bertz CT molecular complexity index is 837. The fraction of sp³-hybridized carbons (Fsp3) is 0.476. The lowest BCUT2D eigenvalue weighted by Crippen LogP contribution is -2.63. The second-order valence-electron chi connectivity index (χ2n) is 7.57. The van der Waals surface area contributed by atoms with Gasteiger partial charge in [-0.3, -0.25) is 9.80 Å². The van der Waals surface area contributed by atoms with E-state index in [1.165, 1.54) is 17.1 Å². The van der Waals surface area contributed by atoms with Crippen molar-refractivity contribution in [1.82, 2.24) is 10.0 Å². The fourth-order valence-electron chi connectivity index (χ4n) is 3.47. The summed E-state index contributed by atoms with van der Waals surface area (Å²) in [5, 5.41) is 4.46. The summed E-state index contributed by atoms with van der Waals surface area (Å²) in [6.45, 7) is 6.06. The molecule has 1 heterocycles. The number of aryl methyl sites for hydroxylation is 1. The molecule has 1 aliphatic rings. The number of carbonyl (C=O) groups excluding carboxylic acids is 1. The van der Waals surface area contributed by atoms with Crippen molar-refractivity contribution >= 4 is 16.7 Å². The standard InChI is InChI=1S/C21H25F3N2O/c1-14(2)26(25-11-9-15(25)3)20(27)21(23,24)10-8-16-4-5-18-13-19(22)7-6-17(18)12-16/h4-7,12-15H,8-11H2,1-3H3. The van der Waals surface area contributed by atoms with Gasteiger partial charge in [0.05, 0.1) is 0 Å². The highest BCUT2D eigenvalue weighted by Gasteiger charge is 2.46. The summed E-state index contributed by atoms with van der Waals surface area (Å²) in [4.78, 5) is 12.5. The fourth-order valence-corrected chi connectivity index (χ4v) is 3.47. The Morgan fingerprint density at radius 2 is 1.89 bits per heavy atom. The second kappa shape index (κ2) is 7.50. The lowest BCUT2D eigenvalue weighted by Gasteiger charge is -2.48. The van der Waals surface area contributed by atoms with Crippen LogP contribution in [-0.4, -0.2) is 40.5 Å². The van der Waals surface area contributed by atoms with Crippen LogP contribution in [0.5, 0.6) is 0 Å². The number of hydrogen-bond donors (Lipinski definition) is 0. The predicted molar refractivity (Wildman–Crippen MR) is 99.9 cm³/mol. The van der Waals surface area contributed by atoms with Gasteiger partial charge in [-0.1, -0.05) is 24.3 Å². The number of amides is 1. The van der Waals surface area contributed by atoms with Gasteiger partial charge in [-0.25, -0.2) is 9.40 Å². The number of nitrogens with zero attached hydrogens (tertiary/aromatic N) is 2. The van der Waals surface area contributed by atoms with Crippen LogP contribution in [0.2, 0.25) is 0 Å². The summed E-state index contributed by atoms with van der Waals surface area (Å²) in [5.41, 5.74) is 0.704. The van der Waals surface area contributed by atoms with Crippen molar-refractivity contribution in [2.45, 2.75) is 58.0 Å². The molecule has 1 fully saturated rings. The van der Waals surface area contributed by atoms with Crippen LogP contribution in [0.15, 0.2) is 36.4 Å². The molecule has 27 heavy (non-hydrogen) atoms. The number of carbonyl (C=O) groups is 1. The van der Waals surface area contributed by atoms with Gasteiger partial charge in [-0.15, -0.1) is 0 Å². The highest BCUT2D eigenvalue weighted by atomic mass is 19.3. The summed E-state index contributed by atoms with van der Waals surface area (Å²) in [7, 11) is 0. The van der Waals surface area contributed by atoms with Gasteiger partial charge in [0, 0.05) is 25.0 Å². The molecule has 0 spiro atoms. The van der Waals surface area contributed by atoms with Gasteiger partial charge in [-0.2, -0.15) is 8.78 Å². The Hall–Kier alpha value is -2.08. The molecule has 0 saturated carbocycles. The molecule has 0 radical (unpaired) electrons. The molecule has 0 bridgehead atoms. The van der Waals surface area contributed by atoms with E-state index < -0.39 is 18.3 Å². The Balaban J connectivity index is 1.71. The molecule has 3 nitrogen and oxygen atoms in total. The van der Waals surface area contributed by atoms with Gasteiger partial charge >= 0.3 is 11.8 Å². The summed E-state index contributed by atoms with van der Waals surface area (Å²) >= 11 is 0. The molecular formula is C21H25F3N2O. The minimum Gasteiger partial charge on any atom is -0.267 e. The third-order valence-electron chi connectivity index (χ3n) is 5.17. The van der Waals surface area contributed by atoms with Gasteiger partial charge in [0.2, 0.25) is 0 Å². The lowest BCUT2D eigenvalue weighted by molar-refractivity contribution is -0.197. The van der Waals surface area contributed by atoms with Crippen LogP contribution < -0.4 is 0 Å². The maximum absolute atomic E-state index is 14.7. The van der Waals surface area contributed by atoms with Crippen molar-refractivity contribution in [3.8, 4) is 0 Å². The molecule has 6 heteroatoms. The van der Waals surface area contributed by atoms with Gasteiger partial charge in [0.1, 0.15) is 5.82 Å². The maximum Gasteiger partial charge on any atom is 0.326 e. The zero-order valence-corrected chi connectivity index (χ0v) is 15.9. The zero-order valence-electron chi connectivity index (χ0n) is 15.9. The minimum atomic E-state index is -3.43. The van der Waals surface area contributed by atoms with Crippen LogP contribution in [0.4, 0.5) is 13.2 Å². The SMILES string of the molecule is CC1CCN1N(C(=O)C(F)(F)CCc1ccc2cc(F)ccc2c1)C(C)C. The third kappa shape index (κ3) is 4.10. The highest BCUT2D eigenvalue weighted by molar-refractivity contribution is 5.84. The van der Waals surface area contributed by atoms with E-state index in [1.807, 2.05) is 6.92 Å². The average molecular weight is 378 g/mol. The van der Waals surface area contributed by atoms with Gasteiger partial charge in [0.15, 0.2) is 0 Å². The molecular weight excluding hydrogens is 353 g/mol. The third-order valence-corrected chi connectivity index (χ3v) is 5.17. The van der Waals surface area contributed by atoms with Crippen molar-refractivity contribution in [1.29, 1.82) is 0 Å². The smallest absolute Gasteiger partial charge is 0.267 e. The molecule has 1 aliphatic heterocycles. The minimum absolute atomic E-state index is 0.0769. The molecule has 1 atom stereocenters. The van der Waals surface area contributed by atoms with Crippen LogP contribution in [0, 0.1) is 5.82 Å². The molecule has 0 aliphatic carbocycles. The maximum atomic E-state index is 14.7. The quantitative estimate of drug-likeness (QED) is 0.721. The second-order valence-corrected chi connectivity index (χ2v) is 7.57. The van der Waals surface area contributed by atoms with E-state index in [9.17, 15) is 18.0 Å². The van der Waals surface area contributed by atoms with Crippen LogP contribution in [-0.2, 0) is 11.2 Å². The first kappa shape index (κ1) is 19.7. The van der Waals surface area contributed by atoms with Crippen molar-refractivity contribution in [2.24, 2.45) is 0 Å². The van der Waals surface area contributed by atoms with E-state index in [1.54, 1.807) is 43.1 Å². The largest absolute Gasteiger partial charge is 0.326 e. The number of hydrogen-bond acceptors (Lipinski definition) is 2. The van der Waals surface area contributed by atoms with Crippen molar-refractivity contribution in [3.63, 3.8) is 0 Å². The topological polar surface area (TPSA) is 23.6 Å². The van der Waals surface area contributed by atoms with Crippen LogP contribution in [0.1, 0.15) is 39.2 Å². The number of halogens is 3. The lowest BCUT2D eigenvalue weighted by atomic mass is 10.0. The summed E-state index contributed by atoms with van der Waals surface area (Å²) < 4.78 is 42.6. The molecule has 2 aromatic carbocycles. The van der Waals surface area contributed by atoms with Crippen molar-refractivity contribution in [2.75, 3.05) is 6.54 Å². The van der Waals surface area contributed by atoms with E-state index in [-0.39, 0.29) is 24.3 Å². The molecule has 146 valence electrons. The Morgan fingerprint density at radius 1 is 1.22 bits per heavy atom. The first-order chi connectivity index (χ1) is 12.7. The molecule has 1 unspecified atom stereocenters. The van der Waals surface area contributed by atoms with Crippen LogP contribution in [0.25, 0.3) is 10.8 Å². The van der Waals surface area contributed by atoms with Gasteiger partial charge in [-0.05, 0) is 62.1 Å². The number of alkyl halides is 2. The predicted octanol–water partition coefficient (Wildman–Crippen LogP) is 4.79. The summed E-state index contributed by atoms with van der Waals surface area (Å²) in [6, 6.07) is 9.37. The van der Waals surface area contributed by atoms with E-state index in [4.69, 9.17) is 0 Å². The van der Waals surface area contributed by atoms with Crippen molar-refractivity contribution in [3.05, 3.63) is 47.8 Å². The van der Waals surface area contributed by atoms with E-state index in [2.05, 4.69) is 0 Å². The number of fused-ring (bicyclic) bond motifs is 1. The Labute approximate surface area is 157 Å². The normalized spacial score (nSPS) is 18.0. The number of hydrazine groups is 1. The van der Waals surface area contributed by atoms with Crippen molar-refractivity contribution < 1.29 is 18.0 Å².